The number of hydrazine groups is 1. The number of aryl methyl sites for hydroxylation is 1. The van der Waals surface area contributed by atoms with Gasteiger partial charge in [-0.1, -0.05) is 35.9 Å². The summed E-state index contributed by atoms with van der Waals surface area (Å²) in [4.78, 5) is 38.4. The number of benzene rings is 2. The Morgan fingerprint density at radius 2 is 1.72 bits per heavy atom. The van der Waals surface area contributed by atoms with Gasteiger partial charge in [-0.05, 0) is 44.5 Å². The van der Waals surface area contributed by atoms with Gasteiger partial charge in [0, 0.05) is 18.7 Å². The molecule has 1 aliphatic heterocycles. The smallest absolute Gasteiger partial charge is 0.275 e. The molecule has 8 nitrogen and oxygen atoms in total. The van der Waals surface area contributed by atoms with Crippen LogP contribution >= 0.6 is 0 Å². The fourth-order valence-electron chi connectivity index (χ4n) is 3.81. The maximum atomic E-state index is 13.2. The minimum Gasteiger partial charge on any atom is -0.343 e. The number of aromatic nitrogens is 2. The molecule has 0 unspecified atom stereocenters. The molecule has 32 heavy (non-hydrogen) atoms. The molecule has 8 heteroatoms. The van der Waals surface area contributed by atoms with Crippen molar-refractivity contribution in [2.45, 2.75) is 20.3 Å². The number of nitrogens with one attached hydrogen (secondary N) is 1. The molecule has 1 aliphatic rings. The molecule has 2 aromatic carbocycles. The minimum atomic E-state index is -0.329. The van der Waals surface area contributed by atoms with Crippen LogP contribution in [0.5, 0.6) is 0 Å². The van der Waals surface area contributed by atoms with Gasteiger partial charge in [0.25, 0.3) is 17.7 Å². The van der Waals surface area contributed by atoms with Crippen molar-refractivity contribution in [3.8, 4) is 5.69 Å². The summed E-state index contributed by atoms with van der Waals surface area (Å²) in [7, 11) is 0. The lowest BCUT2D eigenvalue weighted by atomic mass is 10.1. The van der Waals surface area contributed by atoms with Gasteiger partial charge in [0.15, 0.2) is 0 Å². The van der Waals surface area contributed by atoms with Gasteiger partial charge in [-0.3, -0.25) is 14.4 Å². The first kappa shape index (κ1) is 21.3. The quantitative estimate of drug-likeness (QED) is 0.673. The standard InChI is InChI=1S/C24H25N5O3/c1-17-8-6-9-19(14-17)23(31)25-16-22(30)27-12-7-13-28(27)24(32)21-15-26-29(18(21)2)20-10-4-3-5-11-20/h3-6,8-11,14-15H,7,12-13,16H2,1-2H3,(H,25,31). The highest BCUT2D eigenvalue weighted by molar-refractivity contribution is 5.98. The van der Waals surface area contributed by atoms with Gasteiger partial charge in [-0.15, -0.1) is 0 Å². The van der Waals surface area contributed by atoms with Crippen LogP contribution in [0.15, 0.2) is 60.8 Å². The highest BCUT2D eigenvalue weighted by Gasteiger charge is 2.33. The fourth-order valence-corrected chi connectivity index (χ4v) is 3.81. The zero-order valence-corrected chi connectivity index (χ0v) is 18.1. The highest BCUT2D eigenvalue weighted by atomic mass is 16.2. The van der Waals surface area contributed by atoms with E-state index in [4.69, 9.17) is 0 Å². The third-order valence-electron chi connectivity index (χ3n) is 5.47. The molecular weight excluding hydrogens is 406 g/mol. The van der Waals surface area contributed by atoms with Crippen molar-refractivity contribution >= 4 is 17.7 Å². The predicted molar refractivity (Wildman–Crippen MR) is 119 cm³/mol. The number of hydrogen-bond donors (Lipinski definition) is 1. The molecule has 164 valence electrons. The first-order valence-electron chi connectivity index (χ1n) is 10.5. The van der Waals surface area contributed by atoms with Crippen molar-refractivity contribution in [2.75, 3.05) is 19.6 Å². The van der Waals surface area contributed by atoms with Gasteiger partial charge in [-0.25, -0.2) is 14.7 Å². The zero-order chi connectivity index (χ0) is 22.7. The lowest BCUT2D eigenvalue weighted by molar-refractivity contribution is -0.139. The fraction of sp³-hybridized carbons (Fsp3) is 0.250. The number of nitrogens with zero attached hydrogens (tertiary/aromatic N) is 4. The Labute approximate surface area is 186 Å². The van der Waals surface area contributed by atoms with Crippen molar-refractivity contribution in [3.63, 3.8) is 0 Å². The molecule has 1 saturated heterocycles. The molecule has 0 atom stereocenters. The van der Waals surface area contributed by atoms with E-state index in [0.29, 0.717) is 36.3 Å². The van der Waals surface area contributed by atoms with Gasteiger partial charge < -0.3 is 5.32 Å². The lowest BCUT2D eigenvalue weighted by Gasteiger charge is -2.28. The Balaban J connectivity index is 1.44. The number of carbonyl (C=O) groups excluding carboxylic acids is 3. The molecule has 3 aromatic rings. The van der Waals surface area contributed by atoms with E-state index in [-0.39, 0.29) is 24.3 Å². The van der Waals surface area contributed by atoms with Gasteiger partial charge in [0.1, 0.15) is 0 Å². The van der Waals surface area contributed by atoms with E-state index in [1.54, 1.807) is 22.9 Å². The van der Waals surface area contributed by atoms with E-state index in [9.17, 15) is 14.4 Å². The lowest BCUT2D eigenvalue weighted by Crippen LogP contribution is -2.48. The van der Waals surface area contributed by atoms with E-state index < -0.39 is 0 Å². The van der Waals surface area contributed by atoms with Crippen molar-refractivity contribution in [1.29, 1.82) is 0 Å². The average molecular weight is 431 g/mol. The van der Waals surface area contributed by atoms with Crippen molar-refractivity contribution in [3.05, 3.63) is 83.2 Å². The first-order chi connectivity index (χ1) is 15.5. The Kier molecular flexibility index (Phi) is 6.02. The summed E-state index contributed by atoms with van der Waals surface area (Å²) in [6.07, 6.45) is 2.21. The van der Waals surface area contributed by atoms with Gasteiger partial charge >= 0.3 is 0 Å². The summed E-state index contributed by atoms with van der Waals surface area (Å²) in [5, 5.41) is 9.87. The van der Waals surface area contributed by atoms with Gasteiger partial charge in [0.05, 0.1) is 29.7 Å². The van der Waals surface area contributed by atoms with E-state index in [2.05, 4.69) is 10.4 Å². The molecule has 0 radical (unpaired) electrons. The van der Waals surface area contributed by atoms with Crippen LogP contribution in [0.25, 0.3) is 5.69 Å². The van der Waals surface area contributed by atoms with Gasteiger partial charge in [-0.2, -0.15) is 5.10 Å². The highest BCUT2D eigenvalue weighted by Crippen LogP contribution is 2.19. The molecule has 1 N–H and O–H groups in total. The Bertz CT molecular complexity index is 1160. The second kappa shape index (κ2) is 9.05. The number of hydrogen-bond acceptors (Lipinski definition) is 4. The van der Waals surface area contributed by atoms with E-state index in [0.717, 1.165) is 11.3 Å². The zero-order valence-electron chi connectivity index (χ0n) is 18.1. The van der Waals surface area contributed by atoms with Crippen LogP contribution in [0.1, 0.15) is 38.4 Å². The second-order valence-electron chi connectivity index (χ2n) is 7.74. The van der Waals surface area contributed by atoms with Crippen molar-refractivity contribution in [1.82, 2.24) is 25.1 Å². The summed E-state index contributed by atoms with van der Waals surface area (Å²) in [5.41, 5.74) is 3.46. The molecule has 1 fully saturated rings. The van der Waals surface area contributed by atoms with E-state index >= 15 is 0 Å². The van der Waals surface area contributed by atoms with Crippen LogP contribution in [0.3, 0.4) is 0 Å². The van der Waals surface area contributed by atoms with Crippen LogP contribution in [-0.2, 0) is 4.79 Å². The third-order valence-corrected chi connectivity index (χ3v) is 5.47. The number of amides is 3. The SMILES string of the molecule is Cc1cccc(C(=O)NCC(=O)N2CCCN2C(=O)c2cnn(-c3ccccc3)c2C)c1. The molecular formula is C24H25N5O3. The van der Waals surface area contributed by atoms with Gasteiger partial charge in [0.2, 0.25) is 0 Å². The Morgan fingerprint density at radius 1 is 0.969 bits per heavy atom. The molecule has 2 heterocycles. The Morgan fingerprint density at radius 3 is 2.47 bits per heavy atom. The number of para-hydroxylation sites is 1. The molecule has 3 amide bonds. The van der Waals surface area contributed by atoms with Crippen molar-refractivity contribution < 1.29 is 14.4 Å². The molecule has 0 aliphatic carbocycles. The maximum Gasteiger partial charge on any atom is 0.275 e. The minimum absolute atomic E-state index is 0.182. The monoisotopic (exact) mass is 431 g/mol. The average Bonchev–Trinajstić information content (AvgIpc) is 3.44. The summed E-state index contributed by atoms with van der Waals surface area (Å²) in [6, 6.07) is 16.7. The first-order valence-corrected chi connectivity index (χ1v) is 10.5. The molecule has 4 rings (SSSR count). The number of rotatable bonds is 5. The Hall–Kier alpha value is -3.94. The van der Waals surface area contributed by atoms with Crippen LogP contribution in [0.2, 0.25) is 0 Å². The summed E-state index contributed by atoms with van der Waals surface area (Å²) in [5.74, 6) is -0.926. The summed E-state index contributed by atoms with van der Waals surface area (Å²) in [6.45, 7) is 4.41. The predicted octanol–water partition coefficient (Wildman–Crippen LogP) is 2.51. The third kappa shape index (κ3) is 4.25. The molecule has 0 saturated carbocycles. The maximum absolute atomic E-state index is 13.2. The van der Waals surface area contributed by atoms with Crippen LogP contribution in [0.4, 0.5) is 0 Å². The van der Waals surface area contributed by atoms with Crippen LogP contribution < -0.4 is 5.32 Å². The summed E-state index contributed by atoms with van der Waals surface area (Å²) < 4.78 is 1.71. The number of carbonyl (C=O) groups is 3. The molecule has 0 spiro atoms. The molecule has 1 aromatic heterocycles. The van der Waals surface area contributed by atoms with E-state index in [1.165, 1.54) is 16.2 Å². The summed E-state index contributed by atoms with van der Waals surface area (Å²) >= 11 is 0. The normalized spacial score (nSPS) is 13.3. The largest absolute Gasteiger partial charge is 0.343 e. The van der Waals surface area contributed by atoms with Crippen molar-refractivity contribution in [2.24, 2.45) is 0 Å². The van der Waals surface area contributed by atoms with Crippen LogP contribution in [0, 0.1) is 13.8 Å². The second-order valence-corrected chi connectivity index (χ2v) is 7.74. The topological polar surface area (TPSA) is 87.5 Å². The van der Waals surface area contributed by atoms with Crippen LogP contribution in [-0.4, -0.2) is 57.2 Å². The van der Waals surface area contributed by atoms with E-state index in [1.807, 2.05) is 50.2 Å². The molecule has 0 bridgehead atoms.